The van der Waals surface area contributed by atoms with Gasteiger partial charge in [0.25, 0.3) is 0 Å². The predicted octanol–water partition coefficient (Wildman–Crippen LogP) is 10.6. The number of aryl methyl sites for hydroxylation is 8. The van der Waals surface area contributed by atoms with Gasteiger partial charge in [-0.3, -0.25) is 20.1 Å². The SMILES string of the molecule is CCC(=O)c1ccc(OCCCc2c(C)n[nH]c2C)c(F)c1.COC(=O)c1cc(C)c(OCCCc2c(C)n[nH]c2C)c(C)c1.COC(=O)c1ccc(F)c(OCCCCc2c(C)n[nH]c2C)c1. The molecular formula is C52H66F2N6O8. The molecule has 16 heteroatoms. The summed E-state index contributed by atoms with van der Waals surface area (Å²) < 4.78 is 53.8. The van der Waals surface area contributed by atoms with Crippen molar-refractivity contribution in [2.24, 2.45) is 0 Å². The Balaban J connectivity index is 0.000000222. The number of carbonyl (C=O) groups excluding carboxylic acids is 3. The van der Waals surface area contributed by atoms with Crippen molar-refractivity contribution in [1.82, 2.24) is 30.6 Å². The highest BCUT2D eigenvalue weighted by Gasteiger charge is 2.15. The van der Waals surface area contributed by atoms with E-state index in [2.05, 4.69) is 35.3 Å². The second-order valence-corrected chi connectivity index (χ2v) is 16.4. The van der Waals surface area contributed by atoms with E-state index in [1.54, 1.807) is 25.1 Å². The number of Topliss-reactive ketones (excluding diaryl/α,β-unsaturated/α-hetero) is 1. The zero-order valence-corrected chi connectivity index (χ0v) is 41.3. The molecule has 0 amide bonds. The molecule has 0 unspecified atom stereocenters. The van der Waals surface area contributed by atoms with Crippen molar-refractivity contribution >= 4 is 17.7 Å². The highest BCUT2D eigenvalue weighted by Crippen LogP contribution is 2.26. The minimum atomic E-state index is -0.513. The highest BCUT2D eigenvalue weighted by molar-refractivity contribution is 5.96. The standard InChI is InChI=1S/C18H24N2O3.C17H21FN2O3.C17H21FN2O2/c1-11-9-15(18(21)22-5)10-12(2)17(11)23-8-6-7-16-13(3)19-20-14(16)4;1-11-14(12(2)20-19-11)6-4-5-9-23-16-10-13(17(21)22-3)7-8-15(16)18;1-4-16(21)13-7-8-17(15(18)10-13)22-9-5-6-14-11(2)19-20-12(14)3/h9-10H,6-8H2,1-5H3,(H,19,20);7-8,10H,4-6,9H2,1-3H3,(H,19,20);7-8,10H,4-6,9H2,1-3H3,(H,19,20). The number of aromatic nitrogens is 6. The maximum atomic E-state index is 13.9. The van der Waals surface area contributed by atoms with Crippen LogP contribution in [0.1, 0.15) is 132 Å². The first kappa shape index (κ1) is 53.8. The van der Waals surface area contributed by atoms with Crippen LogP contribution < -0.4 is 14.2 Å². The minimum absolute atomic E-state index is 0.0728. The first-order valence-electron chi connectivity index (χ1n) is 22.8. The Hall–Kier alpha value is -6.84. The normalized spacial score (nSPS) is 10.7. The molecule has 0 atom stereocenters. The first-order valence-corrected chi connectivity index (χ1v) is 22.8. The number of halogens is 2. The zero-order chi connectivity index (χ0) is 49.9. The summed E-state index contributed by atoms with van der Waals surface area (Å²) in [5.41, 5.74) is 13.1. The predicted molar refractivity (Wildman–Crippen MR) is 256 cm³/mol. The Bertz CT molecular complexity index is 2530. The van der Waals surface area contributed by atoms with Gasteiger partial charge in [0.1, 0.15) is 5.75 Å². The lowest BCUT2D eigenvalue weighted by Crippen LogP contribution is -2.06. The zero-order valence-electron chi connectivity index (χ0n) is 41.3. The molecule has 6 aromatic rings. The van der Waals surface area contributed by atoms with Gasteiger partial charge in [-0.2, -0.15) is 15.3 Å². The smallest absolute Gasteiger partial charge is 0.337 e. The molecular weight excluding hydrogens is 875 g/mol. The van der Waals surface area contributed by atoms with Crippen LogP contribution in [0.5, 0.6) is 17.2 Å². The number of H-pyrrole nitrogens is 3. The molecule has 68 heavy (non-hydrogen) atoms. The van der Waals surface area contributed by atoms with Gasteiger partial charge in [-0.25, -0.2) is 18.4 Å². The van der Waals surface area contributed by atoms with E-state index in [1.807, 2.05) is 55.4 Å². The number of ketones is 1. The van der Waals surface area contributed by atoms with E-state index in [0.29, 0.717) is 37.4 Å². The van der Waals surface area contributed by atoms with Gasteiger partial charge in [-0.15, -0.1) is 0 Å². The Kier molecular flexibility index (Phi) is 20.9. The molecule has 3 heterocycles. The molecule has 0 spiro atoms. The van der Waals surface area contributed by atoms with Crippen molar-refractivity contribution in [3.8, 4) is 17.2 Å². The molecule has 3 aromatic heterocycles. The number of ether oxygens (including phenoxy) is 5. The minimum Gasteiger partial charge on any atom is -0.493 e. The van der Waals surface area contributed by atoms with Crippen molar-refractivity contribution < 1.29 is 46.8 Å². The Morgan fingerprint density at radius 2 is 0.971 bits per heavy atom. The van der Waals surface area contributed by atoms with Gasteiger partial charge < -0.3 is 23.7 Å². The largest absolute Gasteiger partial charge is 0.493 e. The van der Waals surface area contributed by atoms with Crippen molar-refractivity contribution in [2.75, 3.05) is 34.0 Å². The summed E-state index contributed by atoms with van der Waals surface area (Å²) in [6.45, 7) is 19.0. The monoisotopic (exact) mass is 940 g/mol. The molecule has 0 fully saturated rings. The van der Waals surface area contributed by atoms with E-state index < -0.39 is 17.6 Å². The summed E-state index contributed by atoms with van der Waals surface area (Å²) in [6, 6.07) is 11.9. The molecule has 0 aliphatic rings. The molecule has 0 aliphatic carbocycles. The summed E-state index contributed by atoms with van der Waals surface area (Å²) >= 11 is 0. The van der Waals surface area contributed by atoms with Crippen LogP contribution >= 0.6 is 0 Å². The number of aromatic amines is 3. The lowest BCUT2D eigenvalue weighted by atomic mass is 10.1. The van der Waals surface area contributed by atoms with E-state index in [-0.39, 0.29) is 28.8 Å². The van der Waals surface area contributed by atoms with E-state index in [4.69, 9.17) is 18.9 Å². The van der Waals surface area contributed by atoms with Crippen LogP contribution in [0.4, 0.5) is 8.78 Å². The third-order valence-corrected chi connectivity index (χ3v) is 11.4. The molecule has 366 valence electrons. The number of hydrogen-bond acceptors (Lipinski definition) is 11. The number of nitrogens with zero attached hydrogens (tertiary/aromatic N) is 3. The Labute approximate surface area is 397 Å². The fourth-order valence-electron chi connectivity index (χ4n) is 7.54. The van der Waals surface area contributed by atoms with Gasteiger partial charge in [-0.1, -0.05) is 6.92 Å². The van der Waals surface area contributed by atoms with E-state index in [0.717, 1.165) is 96.0 Å². The van der Waals surface area contributed by atoms with Crippen molar-refractivity contribution in [3.05, 3.63) is 139 Å². The van der Waals surface area contributed by atoms with E-state index in [1.165, 1.54) is 61.2 Å². The summed E-state index contributed by atoms with van der Waals surface area (Å²) in [5, 5.41) is 21.4. The number of carbonyl (C=O) groups is 3. The maximum Gasteiger partial charge on any atom is 0.337 e. The third kappa shape index (κ3) is 15.4. The van der Waals surface area contributed by atoms with E-state index in [9.17, 15) is 23.2 Å². The van der Waals surface area contributed by atoms with Gasteiger partial charge in [0.15, 0.2) is 28.9 Å². The molecule has 6 rings (SSSR count). The Morgan fingerprint density at radius 1 is 0.515 bits per heavy atom. The van der Waals surface area contributed by atoms with E-state index >= 15 is 0 Å². The van der Waals surface area contributed by atoms with Crippen LogP contribution in [0.15, 0.2) is 48.5 Å². The number of hydrogen-bond donors (Lipinski definition) is 3. The van der Waals surface area contributed by atoms with Gasteiger partial charge in [0, 0.05) is 29.1 Å². The highest BCUT2D eigenvalue weighted by atomic mass is 19.1. The van der Waals surface area contributed by atoms with Gasteiger partial charge in [0.05, 0.1) is 62.2 Å². The second kappa shape index (κ2) is 26.5. The molecule has 0 saturated carbocycles. The van der Waals surface area contributed by atoms with Crippen LogP contribution in [-0.4, -0.2) is 82.4 Å². The van der Waals surface area contributed by atoms with Crippen molar-refractivity contribution in [2.45, 2.75) is 114 Å². The summed E-state index contributed by atoms with van der Waals surface area (Å²) in [7, 11) is 2.67. The van der Waals surface area contributed by atoms with Gasteiger partial charge in [0.2, 0.25) is 0 Å². The summed E-state index contributed by atoms with van der Waals surface area (Å²) in [6.07, 6.45) is 6.43. The number of esters is 2. The fourth-order valence-corrected chi connectivity index (χ4v) is 7.54. The third-order valence-electron chi connectivity index (χ3n) is 11.4. The van der Waals surface area contributed by atoms with Crippen LogP contribution in [0.2, 0.25) is 0 Å². The Morgan fingerprint density at radius 3 is 1.44 bits per heavy atom. The number of benzene rings is 3. The van der Waals surface area contributed by atoms with Crippen LogP contribution in [0, 0.1) is 67.0 Å². The van der Waals surface area contributed by atoms with Crippen LogP contribution in [-0.2, 0) is 28.7 Å². The molecule has 0 saturated heterocycles. The van der Waals surface area contributed by atoms with Gasteiger partial charge in [-0.05, 0) is 177 Å². The summed E-state index contributed by atoms with van der Waals surface area (Å²) in [5.74, 6) is -0.782. The second-order valence-electron chi connectivity index (χ2n) is 16.4. The maximum absolute atomic E-state index is 13.9. The number of rotatable bonds is 20. The number of nitrogens with one attached hydrogen (secondary N) is 3. The van der Waals surface area contributed by atoms with Crippen LogP contribution in [0.3, 0.4) is 0 Å². The topological polar surface area (TPSA) is 183 Å². The average Bonchev–Trinajstić information content (AvgIpc) is 3.95. The molecule has 3 N–H and O–H groups in total. The van der Waals surface area contributed by atoms with Gasteiger partial charge >= 0.3 is 11.9 Å². The summed E-state index contributed by atoms with van der Waals surface area (Å²) in [4.78, 5) is 34.6. The van der Waals surface area contributed by atoms with Crippen molar-refractivity contribution in [1.29, 1.82) is 0 Å². The number of methoxy groups -OCH3 is 2. The molecule has 14 nitrogen and oxygen atoms in total. The molecule has 0 aliphatic heterocycles. The lowest BCUT2D eigenvalue weighted by molar-refractivity contribution is 0.0591. The van der Waals surface area contributed by atoms with Crippen molar-refractivity contribution in [3.63, 3.8) is 0 Å². The quantitative estimate of drug-likeness (QED) is 0.0376. The first-order chi connectivity index (χ1) is 32.5. The van der Waals surface area contributed by atoms with Crippen LogP contribution in [0.25, 0.3) is 0 Å². The molecule has 0 bridgehead atoms. The molecule has 0 radical (unpaired) electrons. The number of unbranched alkanes of at least 4 members (excludes halogenated alkanes) is 1. The lowest BCUT2D eigenvalue weighted by Gasteiger charge is -2.13. The fraction of sp³-hybridized carbons (Fsp3) is 0.423. The average molecular weight is 941 g/mol. The molecule has 3 aromatic carbocycles.